The summed E-state index contributed by atoms with van der Waals surface area (Å²) in [4.78, 5) is 34.9. The molecule has 1 N–H and O–H groups in total. The van der Waals surface area contributed by atoms with Crippen molar-refractivity contribution in [3.05, 3.63) is 67.6 Å². The molecule has 0 saturated carbocycles. The van der Waals surface area contributed by atoms with Crippen molar-refractivity contribution in [2.75, 3.05) is 6.54 Å². The number of aryl methyl sites for hydroxylation is 1. The van der Waals surface area contributed by atoms with E-state index in [2.05, 4.69) is 11.8 Å². The molecule has 1 fully saturated rings. The number of halogens is 5. The van der Waals surface area contributed by atoms with Gasteiger partial charge in [0.1, 0.15) is 5.02 Å². The molecule has 1 aliphatic rings. The molecule has 0 bridgehead atoms. The molecule has 1 unspecified atom stereocenters. The number of hydrogen-bond donors (Lipinski definition) is 1. The fraction of sp³-hybridized carbons (Fsp3) is 0.458. The predicted octanol–water partition coefficient (Wildman–Crippen LogP) is 5.61. The van der Waals surface area contributed by atoms with Gasteiger partial charge in [-0.1, -0.05) is 48.7 Å². The Morgan fingerprint density at radius 3 is 2.37 bits per heavy atom. The molecule has 3 rings (SSSR count). The summed E-state index contributed by atoms with van der Waals surface area (Å²) in [7, 11) is 0. The van der Waals surface area contributed by atoms with Crippen molar-refractivity contribution < 1.29 is 27.9 Å². The zero-order valence-corrected chi connectivity index (χ0v) is 20.7. The molecule has 0 spiro atoms. The van der Waals surface area contributed by atoms with E-state index in [1.54, 1.807) is 34.9 Å². The van der Waals surface area contributed by atoms with E-state index < -0.39 is 18.4 Å². The van der Waals surface area contributed by atoms with Crippen LogP contribution in [-0.2, 0) is 24.3 Å². The monoisotopic (exact) mass is 534 g/mol. The lowest BCUT2D eigenvalue weighted by Gasteiger charge is -2.26. The number of benzene rings is 1. The molecule has 1 aromatic carbocycles. The van der Waals surface area contributed by atoms with E-state index in [-0.39, 0.29) is 16.1 Å². The van der Waals surface area contributed by atoms with Crippen molar-refractivity contribution in [2.24, 2.45) is 0 Å². The van der Waals surface area contributed by atoms with Crippen molar-refractivity contribution in [1.29, 1.82) is 0 Å². The standard InChI is InChI=1S/C22H26Cl2N2O3.C2HF3O/c1-2-4-17-5-3-11-25(17)14-20-18(23)13-19(24)21(27)26(20)12-10-15-6-8-16(9-7-15)22(28)29;3-2(4,5)1-6/h6-9,13,17H,2-5,10-12,14H2,1H3,(H,28,29);1H. The lowest BCUT2D eigenvalue weighted by molar-refractivity contribution is -0.156. The second kappa shape index (κ2) is 13.1. The highest BCUT2D eigenvalue weighted by molar-refractivity contribution is 6.34. The summed E-state index contributed by atoms with van der Waals surface area (Å²) in [6.45, 7) is 4.27. The third kappa shape index (κ3) is 8.66. The van der Waals surface area contributed by atoms with Crippen LogP contribution in [0.15, 0.2) is 35.1 Å². The Kier molecular flexibility index (Phi) is 10.8. The number of carbonyl (C=O) groups is 2. The number of hydrogen-bond acceptors (Lipinski definition) is 4. The van der Waals surface area contributed by atoms with Crippen molar-refractivity contribution in [2.45, 2.75) is 64.3 Å². The number of carbonyl (C=O) groups excluding carboxylic acids is 1. The lowest BCUT2D eigenvalue weighted by Crippen LogP contribution is -2.33. The van der Waals surface area contributed by atoms with Crippen LogP contribution in [0.3, 0.4) is 0 Å². The number of alkyl halides is 3. The molecule has 0 aliphatic carbocycles. The van der Waals surface area contributed by atoms with E-state index >= 15 is 0 Å². The van der Waals surface area contributed by atoms with Gasteiger partial charge in [-0.2, -0.15) is 13.2 Å². The number of aromatic carboxylic acids is 1. The van der Waals surface area contributed by atoms with E-state index in [1.165, 1.54) is 6.42 Å². The minimum absolute atomic E-state index is 0.117. The Balaban J connectivity index is 0.000000641. The van der Waals surface area contributed by atoms with E-state index in [1.807, 2.05) is 0 Å². The van der Waals surface area contributed by atoms with Crippen LogP contribution in [0.5, 0.6) is 0 Å². The molecule has 192 valence electrons. The number of aromatic nitrogens is 1. The van der Waals surface area contributed by atoms with Crippen LogP contribution in [0.1, 0.15) is 54.2 Å². The number of aldehydes is 1. The molecule has 1 saturated heterocycles. The van der Waals surface area contributed by atoms with Crippen LogP contribution in [-0.4, -0.2) is 45.6 Å². The maximum Gasteiger partial charge on any atom is 0.446 e. The van der Waals surface area contributed by atoms with E-state index in [0.717, 1.165) is 37.1 Å². The molecular formula is C24H27Cl2F3N2O4. The van der Waals surface area contributed by atoms with E-state index in [9.17, 15) is 22.8 Å². The van der Waals surface area contributed by atoms with Crippen LogP contribution >= 0.6 is 23.2 Å². The van der Waals surface area contributed by atoms with Crippen LogP contribution < -0.4 is 5.56 Å². The zero-order chi connectivity index (χ0) is 26.2. The summed E-state index contributed by atoms with van der Waals surface area (Å²) >= 11 is 12.6. The highest BCUT2D eigenvalue weighted by atomic mass is 35.5. The second-order valence-corrected chi connectivity index (χ2v) is 9.02. The second-order valence-electron chi connectivity index (χ2n) is 8.21. The first-order valence-electron chi connectivity index (χ1n) is 11.1. The van der Waals surface area contributed by atoms with E-state index in [0.29, 0.717) is 30.6 Å². The van der Waals surface area contributed by atoms with Crippen LogP contribution in [0.4, 0.5) is 13.2 Å². The lowest BCUT2D eigenvalue weighted by atomic mass is 10.1. The van der Waals surface area contributed by atoms with Crippen LogP contribution in [0.2, 0.25) is 10.0 Å². The Labute approximate surface area is 211 Å². The summed E-state index contributed by atoms with van der Waals surface area (Å²) in [5.74, 6) is -0.955. The van der Waals surface area contributed by atoms with Gasteiger partial charge in [-0.25, -0.2) is 4.79 Å². The normalized spacial score (nSPS) is 16.0. The third-order valence-electron chi connectivity index (χ3n) is 5.74. The van der Waals surface area contributed by atoms with Crippen molar-refractivity contribution in [3.8, 4) is 0 Å². The highest BCUT2D eigenvalue weighted by Gasteiger charge is 2.26. The predicted molar refractivity (Wildman–Crippen MR) is 128 cm³/mol. The van der Waals surface area contributed by atoms with Gasteiger partial charge in [0, 0.05) is 19.1 Å². The molecule has 0 radical (unpaired) electrons. The summed E-state index contributed by atoms with van der Waals surface area (Å²) in [6.07, 6.45) is -0.496. The molecular weight excluding hydrogens is 508 g/mol. The molecule has 1 aromatic heterocycles. The van der Waals surface area contributed by atoms with Gasteiger partial charge in [0.15, 0.2) is 0 Å². The molecule has 2 aromatic rings. The largest absolute Gasteiger partial charge is 0.478 e. The SMILES string of the molecule is CCCC1CCCN1Cc1c(Cl)cc(Cl)c(=O)n1CCc1ccc(C(=O)O)cc1.O=CC(F)(F)F. The number of nitrogens with zero attached hydrogens (tertiary/aromatic N) is 2. The zero-order valence-electron chi connectivity index (χ0n) is 19.2. The van der Waals surface area contributed by atoms with Crippen LogP contribution in [0, 0.1) is 0 Å². The van der Waals surface area contributed by atoms with Gasteiger partial charge >= 0.3 is 12.1 Å². The van der Waals surface area contributed by atoms with Crippen molar-refractivity contribution in [1.82, 2.24) is 9.47 Å². The molecule has 1 atom stereocenters. The summed E-state index contributed by atoms with van der Waals surface area (Å²) in [5.41, 5.74) is 1.76. The minimum Gasteiger partial charge on any atom is -0.478 e. The molecule has 6 nitrogen and oxygen atoms in total. The summed E-state index contributed by atoms with van der Waals surface area (Å²) < 4.78 is 32.9. The fourth-order valence-corrected chi connectivity index (χ4v) is 4.58. The molecule has 0 amide bonds. The van der Waals surface area contributed by atoms with Gasteiger partial charge in [-0.05, 0) is 56.0 Å². The first-order chi connectivity index (χ1) is 16.5. The quantitative estimate of drug-likeness (QED) is 0.445. The van der Waals surface area contributed by atoms with Crippen LogP contribution in [0.25, 0.3) is 0 Å². The number of pyridine rings is 1. The van der Waals surface area contributed by atoms with Gasteiger partial charge in [-0.15, -0.1) is 0 Å². The fourth-order valence-electron chi connectivity index (χ4n) is 4.04. The number of likely N-dealkylation sites (tertiary alicyclic amines) is 1. The average Bonchev–Trinajstić information content (AvgIpc) is 3.24. The van der Waals surface area contributed by atoms with E-state index in [4.69, 9.17) is 33.1 Å². The smallest absolute Gasteiger partial charge is 0.446 e. The number of carboxylic acid groups (broad SMARTS) is 1. The molecule has 35 heavy (non-hydrogen) atoms. The van der Waals surface area contributed by atoms with Gasteiger partial charge in [0.25, 0.3) is 5.56 Å². The first kappa shape index (κ1) is 28.9. The Morgan fingerprint density at radius 2 is 1.83 bits per heavy atom. The maximum atomic E-state index is 12.8. The Morgan fingerprint density at radius 1 is 1.20 bits per heavy atom. The number of carboxylic acids is 1. The van der Waals surface area contributed by atoms with Gasteiger partial charge < -0.3 is 9.67 Å². The first-order valence-corrected chi connectivity index (χ1v) is 11.9. The van der Waals surface area contributed by atoms with Gasteiger partial charge in [0.2, 0.25) is 6.29 Å². The number of rotatable bonds is 8. The third-order valence-corrected chi connectivity index (χ3v) is 6.33. The van der Waals surface area contributed by atoms with Crippen molar-refractivity contribution in [3.63, 3.8) is 0 Å². The molecule has 2 heterocycles. The Hall–Kier alpha value is -2.36. The Bertz CT molecular complexity index is 1070. The summed E-state index contributed by atoms with van der Waals surface area (Å²) in [6, 6.07) is 8.77. The van der Waals surface area contributed by atoms with Gasteiger partial charge in [-0.3, -0.25) is 14.5 Å². The molecule has 11 heteroatoms. The maximum absolute atomic E-state index is 12.8. The van der Waals surface area contributed by atoms with Crippen molar-refractivity contribution >= 4 is 35.5 Å². The highest BCUT2D eigenvalue weighted by Crippen LogP contribution is 2.27. The average molecular weight is 535 g/mol. The summed E-state index contributed by atoms with van der Waals surface area (Å²) in [5, 5.41) is 9.66. The minimum atomic E-state index is -4.64. The topological polar surface area (TPSA) is 79.6 Å². The molecule has 1 aliphatic heterocycles. The van der Waals surface area contributed by atoms with Gasteiger partial charge in [0.05, 0.1) is 16.3 Å².